The van der Waals surface area contributed by atoms with Crippen molar-refractivity contribution in [3.63, 3.8) is 0 Å². The highest BCUT2D eigenvalue weighted by Crippen LogP contribution is 2.26. The van der Waals surface area contributed by atoms with Crippen LogP contribution in [0.4, 0.5) is 0 Å². The zero-order valence-corrected chi connectivity index (χ0v) is 22.2. The molecule has 3 nitrogen and oxygen atoms in total. The van der Waals surface area contributed by atoms with Crippen molar-refractivity contribution in [2.24, 2.45) is 5.92 Å². The second-order valence-corrected chi connectivity index (χ2v) is 12.2. The third-order valence-electron chi connectivity index (χ3n) is 3.51. The van der Waals surface area contributed by atoms with E-state index in [1.54, 1.807) is 32.5 Å². The predicted molar refractivity (Wildman–Crippen MR) is 144 cm³/mol. The van der Waals surface area contributed by atoms with E-state index in [1.807, 2.05) is 17.8 Å². The first kappa shape index (κ1) is 29.7. The lowest BCUT2D eigenvalue weighted by molar-refractivity contribution is -0.108. The molecule has 2 atom stereocenters. The molecule has 0 radical (unpaired) electrons. The topological polar surface area (TPSA) is 51.2 Å². The summed E-state index contributed by atoms with van der Waals surface area (Å²) in [7, 11) is 0. The van der Waals surface area contributed by atoms with Crippen molar-refractivity contribution in [3.05, 3.63) is 49.1 Å². The lowest BCUT2D eigenvalue weighted by Crippen LogP contribution is -2.15. The zero-order chi connectivity index (χ0) is 23.1. The van der Waals surface area contributed by atoms with Gasteiger partial charge in [-0.05, 0) is 43.4 Å². The summed E-state index contributed by atoms with van der Waals surface area (Å²) >= 11 is 7.48. The molecular formula is C22H32O3S5. The van der Waals surface area contributed by atoms with Gasteiger partial charge in [-0.15, -0.1) is 6.58 Å². The van der Waals surface area contributed by atoms with Gasteiger partial charge >= 0.3 is 0 Å². The maximum atomic E-state index is 11.9. The van der Waals surface area contributed by atoms with Gasteiger partial charge in [-0.25, -0.2) is 0 Å². The lowest BCUT2D eigenvalue weighted by atomic mass is 10.2. The number of hydrogen-bond donors (Lipinski definition) is 0. The maximum Gasteiger partial charge on any atom is 0.214 e. The SMILES string of the molecule is C=CC(CSCC(CSC(=O)C(=C)C)SCCSC(=O)C(=C)C)CSC(=O)C(=C)C. The molecule has 2 unspecified atom stereocenters. The first-order valence-corrected chi connectivity index (χ1v) is 14.5. The van der Waals surface area contributed by atoms with E-state index >= 15 is 0 Å². The van der Waals surface area contributed by atoms with E-state index in [-0.39, 0.29) is 21.3 Å². The fourth-order valence-corrected chi connectivity index (χ4v) is 7.43. The van der Waals surface area contributed by atoms with Gasteiger partial charge < -0.3 is 0 Å². The summed E-state index contributed by atoms with van der Waals surface area (Å²) in [4.78, 5) is 35.3. The Balaban J connectivity index is 4.53. The first-order chi connectivity index (χ1) is 14.1. The van der Waals surface area contributed by atoms with Crippen molar-refractivity contribution in [2.75, 3.05) is 34.5 Å². The van der Waals surface area contributed by atoms with Gasteiger partial charge in [0.1, 0.15) is 0 Å². The Bertz CT molecular complexity index is 657. The van der Waals surface area contributed by atoms with Crippen LogP contribution in [0.2, 0.25) is 0 Å². The molecule has 0 fully saturated rings. The molecule has 0 aliphatic heterocycles. The maximum absolute atomic E-state index is 11.9. The average molecular weight is 505 g/mol. The van der Waals surface area contributed by atoms with Crippen LogP contribution >= 0.6 is 58.8 Å². The van der Waals surface area contributed by atoms with E-state index < -0.39 is 0 Å². The molecule has 0 saturated heterocycles. The summed E-state index contributed by atoms with van der Waals surface area (Å²) in [6, 6.07) is 0. The van der Waals surface area contributed by atoms with Crippen molar-refractivity contribution in [2.45, 2.75) is 26.0 Å². The van der Waals surface area contributed by atoms with Crippen LogP contribution in [-0.4, -0.2) is 55.1 Å². The average Bonchev–Trinajstić information content (AvgIpc) is 2.69. The third-order valence-corrected chi connectivity index (χ3v) is 10.1. The molecule has 0 aliphatic rings. The number of hydrogen-bond acceptors (Lipinski definition) is 8. The standard InChI is InChI=1S/C22H32O3S5/c1-8-18(12-29-21(24)16(4)5)11-26-13-19(14-30-22(25)17(6)7)27-9-10-28-20(23)15(2)3/h8,18-19H,1-2,4,6,9-14H2,3,5,7H3. The van der Waals surface area contributed by atoms with Gasteiger partial charge in [-0.2, -0.15) is 23.5 Å². The van der Waals surface area contributed by atoms with E-state index in [9.17, 15) is 14.4 Å². The molecule has 30 heavy (non-hydrogen) atoms. The summed E-state index contributed by atoms with van der Waals surface area (Å²) in [5, 5.41) is 0.371. The normalized spacial score (nSPS) is 12.6. The van der Waals surface area contributed by atoms with Crippen molar-refractivity contribution >= 4 is 74.2 Å². The number of carbonyl (C=O) groups is 3. The Morgan fingerprint density at radius 2 is 1.23 bits per heavy atom. The van der Waals surface area contributed by atoms with Gasteiger partial charge in [0, 0.05) is 39.8 Å². The van der Waals surface area contributed by atoms with Gasteiger partial charge in [-0.1, -0.05) is 61.1 Å². The number of rotatable bonds is 16. The highest BCUT2D eigenvalue weighted by Gasteiger charge is 2.16. The van der Waals surface area contributed by atoms with E-state index in [2.05, 4.69) is 26.3 Å². The van der Waals surface area contributed by atoms with E-state index in [0.717, 1.165) is 23.0 Å². The molecule has 0 bridgehead atoms. The molecule has 0 heterocycles. The highest BCUT2D eigenvalue weighted by molar-refractivity contribution is 8.16. The van der Waals surface area contributed by atoms with Gasteiger partial charge in [0.2, 0.25) is 15.3 Å². The largest absolute Gasteiger partial charge is 0.282 e. The second kappa shape index (κ2) is 17.3. The minimum Gasteiger partial charge on any atom is -0.282 e. The smallest absolute Gasteiger partial charge is 0.214 e. The van der Waals surface area contributed by atoms with Crippen molar-refractivity contribution in [1.82, 2.24) is 0 Å². The Kier molecular flexibility index (Phi) is 17.1. The van der Waals surface area contributed by atoms with Crippen LogP contribution in [0.25, 0.3) is 0 Å². The van der Waals surface area contributed by atoms with E-state index in [4.69, 9.17) is 0 Å². The molecule has 0 aromatic carbocycles. The quantitative estimate of drug-likeness (QED) is 0.141. The fraction of sp³-hybridized carbons (Fsp3) is 0.500. The Morgan fingerprint density at radius 1 is 0.733 bits per heavy atom. The van der Waals surface area contributed by atoms with Crippen molar-refractivity contribution in [3.8, 4) is 0 Å². The van der Waals surface area contributed by atoms with E-state index in [0.29, 0.717) is 33.5 Å². The predicted octanol–water partition coefficient (Wildman–Crippen LogP) is 6.13. The summed E-state index contributed by atoms with van der Waals surface area (Å²) in [6.07, 6.45) is 1.90. The van der Waals surface area contributed by atoms with Gasteiger partial charge in [0.05, 0.1) is 0 Å². The highest BCUT2D eigenvalue weighted by atomic mass is 32.2. The first-order valence-electron chi connectivity index (χ1n) is 9.38. The minimum atomic E-state index is 0.0242. The van der Waals surface area contributed by atoms with Crippen molar-refractivity contribution < 1.29 is 14.4 Å². The molecule has 0 aliphatic carbocycles. The van der Waals surface area contributed by atoms with Crippen LogP contribution in [0.5, 0.6) is 0 Å². The monoisotopic (exact) mass is 504 g/mol. The molecule has 168 valence electrons. The molecular weight excluding hydrogens is 473 g/mol. The summed E-state index contributed by atoms with van der Waals surface area (Å²) < 4.78 is 0. The second-order valence-electron chi connectivity index (χ2n) is 6.70. The van der Waals surface area contributed by atoms with Crippen LogP contribution in [0.1, 0.15) is 20.8 Å². The Morgan fingerprint density at radius 3 is 1.73 bits per heavy atom. The lowest BCUT2D eigenvalue weighted by Gasteiger charge is -2.17. The Labute approximate surface area is 203 Å². The summed E-state index contributed by atoms with van der Waals surface area (Å²) in [5.74, 6) is 4.98. The van der Waals surface area contributed by atoms with E-state index in [1.165, 1.54) is 35.3 Å². The van der Waals surface area contributed by atoms with Gasteiger partial charge in [0.25, 0.3) is 0 Å². The molecule has 0 rings (SSSR count). The number of carbonyl (C=O) groups excluding carboxylic acids is 3. The molecule has 0 saturated carbocycles. The summed E-state index contributed by atoms with van der Waals surface area (Å²) in [5.41, 5.74) is 1.69. The summed E-state index contributed by atoms with van der Waals surface area (Å²) in [6.45, 7) is 20.1. The fourth-order valence-electron chi connectivity index (χ4n) is 1.75. The zero-order valence-electron chi connectivity index (χ0n) is 18.1. The third kappa shape index (κ3) is 14.7. The van der Waals surface area contributed by atoms with Crippen LogP contribution in [0.15, 0.2) is 49.1 Å². The van der Waals surface area contributed by atoms with Crippen LogP contribution in [0, 0.1) is 5.92 Å². The molecule has 0 aromatic heterocycles. The van der Waals surface area contributed by atoms with Gasteiger partial charge in [0.15, 0.2) is 0 Å². The molecule has 0 N–H and O–H groups in total. The van der Waals surface area contributed by atoms with Crippen LogP contribution in [-0.2, 0) is 14.4 Å². The Hall–Kier alpha value is -0.280. The van der Waals surface area contributed by atoms with Crippen LogP contribution in [0.3, 0.4) is 0 Å². The van der Waals surface area contributed by atoms with Crippen molar-refractivity contribution in [1.29, 1.82) is 0 Å². The molecule has 0 spiro atoms. The number of allylic oxidation sites excluding steroid dienone is 1. The molecule has 0 amide bonds. The number of thioether (sulfide) groups is 5. The molecule has 0 aromatic rings. The van der Waals surface area contributed by atoms with Gasteiger partial charge in [-0.3, -0.25) is 14.4 Å². The minimum absolute atomic E-state index is 0.0242. The molecule has 8 heteroatoms. The van der Waals surface area contributed by atoms with Crippen LogP contribution < -0.4 is 0 Å².